The summed E-state index contributed by atoms with van der Waals surface area (Å²) in [4.78, 5) is 12.0. The Morgan fingerprint density at radius 1 is 1.11 bits per heavy atom. The molecule has 1 aliphatic rings. The van der Waals surface area contributed by atoms with Crippen molar-refractivity contribution in [1.82, 2.24) is 10.2 Å². The van der Waals surface area contributed by atoms with Crippen LogP contribution >= 0.6 is 23.2 Å². The molecule has 0 saturated carbocycles. The summed E-state index contributed by atoms with van der Waals surface area (Å²) in [6.45, 7) is -0.120. The van der Waals surface area contributed by atoms with E-state index in [0.29, 0.717) is 32.9 Å². The van der Waals surface area contributed by atoms with Gasteiger partial charge in [-0.25, -0.2) is 0 Å². The van der Waals surface area contributed by atoms with E-state index in [2.05, 4.69) is 15.5 Å². The van der Waals surface area contributed by atoms with Gasteiger partial charge in [0.25, 0.3) is 5.91 Å². The zero-order valence-electron chi connectivity index (χ0n) is 13.6. The maximum Gasteiger partial charge on any atom is 0.322 e. The lowest BCUT2D eigenvalue weighted by atomic mass is 10.2. The first-order chi connectivity index (χ1) is 13.1. The van der Waals surface area contributed by atoms with Crippen LogP contribution in [0.2, 0.25) is 10.0 Å². The lowest BCUT2D eigenvalue weighted by Crippen LogP contribution is -2.20. The highest BCUT2D eigenvalue weighted by Gasteiger charge is 2.17. The van der Waals surface area contributed by atoms with Crippen LogP contribution in [-0.4, -0.2) is 29.5 Å². The summed E-state index contributed by atoms with van der Waals surface area (Å²) in [6, 6.07) is 9.85. The summed E-state index contributed by atoms with van der Waals surface area (Å²) in [5, 5.41) is 10.9. The summed E-state index contributed by atoms with van der Waals surface area (Å²) in [5.41, 5.74) is 0.636. The number of hydrogen-bond donors (Lipinski definition) is 1. The molecule has 0 spiro atoms. The Morgan fingerprint density at radius 3 is 2.81 bits per heavy atom. The van der Waals surface area contributed by atoms with Gasteiger partial charge in [-0.3, -0.25) is 10.1 Å². The van der Waals surface area contributed by atoms with E-state index >= 15 is 0 Å². The topological polar surface area (TPSA) is 95.7 Å². The number of anilines is 1. The second-order valence-corrected chi connectivity index (χ2v) is 6.24. The Kier molecular flexibility index (Phi) is 4.74. The van der Waals surface area contributed by atoms with Crippen molar-refractivity contribution in [2.45, 2.75) is 0 Å². The maximum atomic E-state index is 12.0. The molecule has 27 heavy (non-hydrogen) atoms. The predicted molar refractivity (Wildman–Crippen MR) is 96.4 cm³/mol. The highest BCUT2D eigenvalue weighted by molar-refractivity contribution is 6.35. The zero-order chi connectivity index (χ0) is 18.8. The Bertz CT molecular complexity index is 1010. The molecule has 138 valence electrons. The van der Waals surface area contributed by atoms with Gasteiger partial charge in [0.1, 0.15) is 5.75 Å². The fraction of sp³-hybridized carbons (Fsp3) is 0.118. The fourth-order valence-corrected chi connectivity index (χ4v) is 2.77. The molecule has 1 amide bonds. The van der Waals surface area contributed by atoms with Gasteiger partial charge in [0.15, 0.2) is 18.1 Å². The first-order valence-electron chi connectivity index (χ1n) is 7.70. The molecule has 2 aromatic carbocycles. The summed E-state index contributed by atoms with van der Waals surface area (Å²) in [7, 11) is 0. The standard InChI is InChI=1S/C17H11Cl2N3O5/c18-10-2-4-12(11(19)6-10)24-7-15(23)20-17-22-21-16(27-17)9-1-3-13-14(5-9)26-8-25-13/h1-6H,7-8H2,(H,20,22,23). The fourth-order valence-electron chi connectivity index (χ4n) is 2.31. The largest absolute Gasteiger partial charge is 0.482 e. The number of ether oxygens (including phenoxy) is 3. The minimum Gasteiger partial charge on any atom is -0.482 e. The molecule has 0 radical (unpaired) electrons. The third-order valence-corrected chi connectivity index (χ3v) is 4.07. The number of fused-ring (bicyclic) bond motifs is 1. The van der Waals surface area contributed by atoms with Crippen LogP contribution in [0.3, 0.4) is 0 Å². The van der Waals surface area contributed by atoms with E-state index in [1.165, 1.54) is 6.07 Å². The second-order valence-electron chi connectivity index (χ2n) is 5.39. The number of hydrogen-bond acceptors (Lipinski definition) is 7. The molecule has 10 heteroatoms. The van der Waals surface area contributed by atoms with Gasteiger partial charge >= 0.3 is 6.01 Å². The van der Waals surface area contributed by atoms with Crippen LogP contribution in [0.15, 0.2) is 40.8 Å². The summed E-state index contributed by atoms with van der Waals surface area (Å²) in [6.07, 6.45) is 0. The normalized spacial score (nSPS) is 12.1. The molecule has 0 atom stereocenters. The third-order valence-electron chi connectivity index (χ3n) is 3.54. The number of aromatic nitrogens is 2. The number of carbonyl (C=O) groups is 1. The van der Waals surface area contributed by atoms with Gasteiger partial charge in [-0.1, -0.05) is 28.3 Å². The van der Waals surface area contributed by atoms with Crippen molar-refractivity contribution in [3.05, 3.63) is 46.4 Å². The van der Waals surface area contributed by atoms with Crippen LogP contribution in [0.25, 0.3) is 11.5 Å². The van der Waals surface area contributed by atoms with Gasteiger partial charge in [-0.2, -0.15) is 0 Å². The number of amides is 1. The Morgan fingerprint density at radius 2 is 1.96 bits per heavy atom. The monoisotopic (exact) mass is 407 g/mol. The quantitative estimate of drug-likeness (QED) is 0.686. The smallest absolute Gasteiger partial charge is 0.322 e. The first-order valence-corrected chi connectivity index (χ1v) is 8.45. The number of nitrogens with zero attached hydrogens (tertiary/aromatic N) is 2. The predicted octanol–water partition coefficient (Wildman–Crippen LogP) is 3.79. The van der Waals surface area contributed by atoms with Gasteiger partial charge < -0.3 is 18.6 Å². The lowest BCUT2D eigenvalue weighted by molar-refractivity contribution is -0.118. The summed E-state index contributed by atoms with van der Waals surface area (Å²) >= 11 is 11.8. The van der Waals surface area contributed by atoms with Crippen molar-refractivity contribution in [1.29, 1.82) is 0 Å². The van der Waals surface area contributed by atoms with Crippen molar-refractivity contribution < 1.29 is 23.4 Å². The first kappa shape index (κ1) is 17.4. The highest BCUT2D eigenvalue weighted by atomic mass is 35.5. The molecule has 3 aromatic rings. The number of nitrogens with one attached hydrogen (secondary N) is 1. The molecule has 0 saturated heterocycles. The lowest BCUT2D eigenvalue weighted by Gasteiger charge is -2.07. The number of carbonyl (C=O) groups excluding carboxylic acids is 1. The third kappa shape index (κ3) is 3.91. The molecule has 4 rings (SSSR count). The molecular weight excluding hydrogens is 397 g/mol. The molecule has 1 aliphatic heterocycles. The van der Waals surface area contributed by atoms with Crippen molar-refractivity contribution in [3.63, 3.8) is 0 Å². The summed E-state index contributed by atoms with van der Waals surface area (Å²) < 4.78 is 21.3. The van der Waals surface area contributed by atoms with Crippen LogP contribution in [-0.2, 0) is 4.79 Å². The average molecular weight is 408 g/mol. The molecule has 0 bridgehead atoms. The van der Waals surface area contributed by atoms with E-state index in [1.54, 1.807) is 30.3 Å². The van der Waals surface area contributed by atoms with E-state index in [9.17, 15) is 4.79 Å². The molecule has 1 N–H and O–H groups in total. The van der Waals surface area contributed by atoms with E-state index in [-0.39, 0.29) is 25.3 Å². The SMILES string of the molecule is O=C(COc1ccc(Cl)cc1Cl)Nc1nnc(-c2ccc3c(c2)OCO3)o1. The van der Waals surface area contributed by atoms with Gasteiger partial charge in [-0.05, 0) is 36.4 Å². The van der Waals surface area contributed by atoms with Gasteiger partial charge in [0.2, 0.25) is 12.7 Å². The minimum absolute atomic E-state index is 0.0570. The summed E-state index contributed by atoms with van der Waals surface area (Å²) in [5.74, 6) is 1.31. The van der Waals surface area contributed by atoms with Crippen molar-refractivity contribution in [3.8, 4) is 28.7 Å². The minimum atomic E-state index is -0.484. The molecule has 0 aliphatic carbocycles. The van der Waals surface area contributed by atoms with Crippen LogP contribution in [0.4, 0.5) is 6.01 Å². The molecule has 0 fully saturated rings. The van der Waals surface area contributed by atoms with E-state index < -0.39 is 5.91 Å². The van der Waals surface area contributed by atoms with Crippen LogP contribution in [0.1, 0.15) is 0 Å². The van der Waals surface area contributed by atoms with Crippen molar-refractivity contribution >= 4 is 35.1 Å². The molecule has 8 nitrogen and oxygen atoms in total. The average Bonchev–Trinajstić information content (AvgIpc) is 3.29. The van der Waals surface area contributed by atoms with E-state index in [4.69, 9.17) is 41.8 Å². The van der Waals surface area contributed by atoms with Crippen LogP contribution in [0.5, 0.6) is 17.2 Å². The Hall–Kier alpha value is -2.97. The van der Waals surface area contributed by atoms with E-state index in [0.717, 1.165) is 0 Å². The van der Waals surface area contributed by atoms with Gasteiger partial charge in [-0.15, -0.1) is 5.10 Å². The zero-order valence-corrected chi connectivity index (χ0v) is 15.1. The van der Waals surface area contributed by atoms with Crippen LogP contribution < -0.4 is 19.5 Å². The van der Waals surface area contributed by atoms with Crippen molar-refractivity contribution in [2.75, 3.05) is 18.7 Å². The van der Waals surface area contributed by atoms with Crippen LogP contribution in [0, 0.1) is 0 Å². The van der Waals surface area contributed by atoms with Crippen molar-refractivity contribution in [2.24, 2.45) is 0 Å². The Labute approximate surface area is 162 Å². The second kappa shape index (κ2) is 7.34. The maximum absolute atomic E-state index is 12.0. The molecule has 2 heterocycles. The molecular formula is C17H11Cl2N3O5. The van der Waals surface area contributed by atoms with E-state index in [1.807, 2.05) is 0 Å². The Balaban J connectivity index is 1.38. The van der Waals surface area contributed by atoms with Gasteiger partial charge in [0, 0.05) is 10.6 Å². The number of halogens is 2. The molecule has 1 aromatic heterocycles. The number of rotatable bonds is 5. The number of benzene rings is 2. The highest BCUT2D eigenvalue weighted by Crippen LogP contribution is 2.35. The van der Waals surface area contributed by atoms with Gasteiger partial charge in [0.05, 0.1) is 5.02 Å². The molecule has 0 unspecified atom stereocenters.